The third kappa shape index (κ3) is 5.17. The zero-order chi connectivity index (χ0) is 19.9. The van der Waals surface area contributed by atoms with Crippen LogP contribution in [0.25, 0.3) is 0 Å². The molecule has 0 radical (unpaired) electrons. The minimum atomic E-state index is 0.224. The summed E-state index contributed by atoms with van der Waals surface area (Å²) in [6.07, 6.45) is 2.81. The van der Waals surface area contributed by atoms with E-state index >= 15 is 0 Å². The van der Waals surface area contributed by atoms with E-state index in [1.807, 2.05) is 7.05 Å². The number of hydrogen-bond donors (Lipinski definition) is 2. The fraction of sp³-hybridized carbons (Fsp3) is 0.458. The molecule has 2 unspecified atom stereocenters. The molecule has 29 heavy (non-hydrogen) atoms. The minimum Gasteiger partial charge on any atom is -0.373 e. The molecule has 2 aliphatic heterocycles. The van der Waals surface area contributed by atoms with Crippen molar-refractivity contribution < 1.29 is 4.74 Å². The van der Waals surface area contributed by atoms with Crippen LogP contribution >= 0.6 is 0 Å². The molecule has 0 saturated carbocycles. The lowest BCUT2D eigenvalue weighted by atomic mass is 9.91. The molecular weight excluding hydrogens is 360 g/mol. The van der Waals surface area contributed by atoms with Gasteiger partial charge in [-0.2, -0.15) is 0 Å². The predicted octanol–water partition coefficient (Wildman–Crippen LogP) is 2.85. The summed E-state index contributed by atoms with van der Waals surface area (Å²) in [5.74, 6) is 1.10. The molecule has 5 heteroatoms. The van der Waals surface area contributed by atoms with Crippen LogP contribution in [0.4, 0.5) is 0 Å². The number of benzene rings is 2. The highest BCUT2D eigenvalue weighted by Gasteiger charge is 2.32. The van der Waals surface area contributed by atoms with E-state index < -0.39 is 0 Å². The first-order valence-corrected chi connectivity index (χ1v) is 10.7. The normalized spacial score (nSPS) is 22.5. The summed E-state index contributed by atoms with van der Waals surface area (Å²) >= 11 is 0. The number of ether oxygens (including phenoxy) is 1. The van der Waals surface area contributed by atoms with E-state index in [9.17, 15) is 0 Å². The Kier molecular flexibility index (Phi) is 6.80. The van der Waals surface area contributed by atoms with E-state index in [0.717, 1.165) is 32.2 Å². The predicted molar refractivity (Wildman–Crippen MR) is 118 cm³/mol. The molecule has 0 bridgehead atoms. The highest BCUT2D eigenvalue weighted by molar-refractivity contribution is 5.79. The van der Waals surface area contributed by atoms with E-state index in [0.29, 0.717) is 6.04 Å². The number of fused-ring (bicyclic) bond motifs is 1. The molecule has 0 amide bonds. The molecule has 2 atom stereocenters. The van der Waals surface area contributed by atoms with E-state index in [4.69, 9.17) is 4.74 Å². The van der Waals surface area contributed by atoms with Crippen LogP contribution in [-0.4, -0.2) is 62.8 Å². The Morgan fingerprint density at radius 2 is 1.76 bits per heavy atom. The van der Waals surface area contributed by atoms with Crippen molar-refractivity contribution in [3.63, 3.8) is 0 Å². The number of nitrogens with one attached hydrogen (secondary N) is 2. The first-order valence-electron chi connectivity index (χ1n) is 10.7. The lowest BCUT2D eigenvalue weighted by molar-refractivity contribution is -0.0453. The van der Waals surface area contributed by atoms with E-state index in [-0.39, 0.29) is 12.0 Å². The van der Waals surface area contributed by atoms with Crippen LogP contribution in [0.2, 0.25) is 0 Å². The summed E-state index contributed by atoms with van der Waals surface area (Å²) < 4.78 is 6.06. The molecule has 5 nitrogen and oxygen atoms in total. The molecule has 0 aromatic heterocycles. The average Bonchev–Trinajstić information content (AvgIpc) is 3.25. The van der Waals surface area contributed by atoms with Gasteiger partial charge in [-0.3, -0.25) is 9.89 Å². The SMILES string of the molecule is CN=C(NCC1CN2CCCC2CO1)NCC(c1ccccc1)c1ccccc1. The summed E-state index contributed by atoms with van der Waals surface area (Å²) in [5.41, 5.74) is 2.61. The molecule has 2 aromatic carbocycles. The standard InChI is InChI=1S/C24H32N4O/c1-25-24(26-15-22-17-28-14-8-13-21(28)18-29-22)27-16-23(19-9-4-2-5-10-19)20-11-6-3-7-12-20/h2-7,9-12,21-23H,8,13-18H2,1H3,(H2,25,26,27). The second kappa shape index (κ2) is 9.90. The molecule has 2 fully saturated rings. The second-order valence-corrected chi connectivity index (χ2v) is 7.95. The summed E-state index contributed by atoms with van der Waals surface area (Å²) in [6, 6.07) is 21.9. The van der Waals surface area contributed by atoms with Gasteiger partial charge in [0.15, 0.2) is 5.96 Å². The molecular formula is C24H32N4O. The van der Waals surface area contributed by atoms with Gasteiger partial charge >= 0.3 is 0 Å². The summed E-state index contributed by atoms with van der Waals surface area (Å²) in [5, 5.41) is 6.99. The Morgan fingerprint density at radius 1 is 1.07 bits per heavy atom. The van der Waals surface area contributed by atoms with Crippen LogP contribution in [0.3, 0.4) is 0 Å². The van der Waals surface area contributed by atoms with Gasteiger partial charge in [0.25, 0.3) is 0 Å². The van der Waals surface area contributed by atoms with Gasteiger partial charge in [-0.25, -0.2) is 0 Å². The van der Waals surface area contributed by atoms with E-state index in [1.165, 1.54) is 30.5 Å². The number of aliphatic imine (C=N–C) groups is 1. The molecule has 2 N–H and O–H groups in total. The second-order valence-electron chi connectivity index (χ2n) is 7.95. The third-order valence-electron chi connectivity index (χ3n) is 6.06. The fourth-order valence-corrected chi connectivity index (χ4v) is 4.44. The summed E-state index contributed by atoms with van der Waals surface area (Å²) in [7, 11) is 1.83. The van der Waals surface area contributed by atoms with Gasteiger partial charge in [-0.1, -0.05) is 60.7 Å². The van der Waals surface area contributed by atoms with Crippen molar-refractivity contribution >= 4 is 5.96 Å². The van der Waals surface area contributed by atoms with Gasteiger partial charge in [-0.15, -0.1) is 0 Å². The maximum absolute atomic E-state index is 6.06. The highest BCUT2D eigenvalue weighted by atomic mass is 16.5. The largest absolute Gasteiger partial charge is 0.373 e. The van der Waals surface area contributed by atoms with Crippen LogP contribution in [0.5, 0.6) is 0 Å². The number of rotatable bonds is 6. The molecule has 2 aliphatic rings. The number of guanidine groups is 1. The molecule has 154 valence electrons. The Balaban J connectivity index is 1.33. The molecule has 4 rings (SSSR count). The summed E-state index contributed by atoms with van der Waals surface area (Å²) in [4.78, 5) is 7.00. The van der Waals surface area contributed by atoms with Crippen molar-refractivity contribution in [2.45, 2.75) is 30.9 Å². The number of nitrogens with zero attached hydrogens (tertiary/aromatic N) is 2. The zero-order valence-corrected chi connectivity index (χ0v) is 17.3. The van der Waals surface area contributed by atoms with E-state index in [1.54, 1.807) is 0 Å². The molecule has 0 aliphatic carbocycles. The van der Waals surface area contributed by atoms with Crippen molar-refractivity contribution in [1.29, 1.82) is 0 Å². The van der Waals surface area contributed by atoms with Gasteiger partial charge in [0.1, 0.15) is 0 Å². The molecule has 0 spiro atoms. The highest BCUT2D eigenvalue weighted by Crippen LogP contribution is 2.24. The molecule has 2 heterocycles. The average molecular weight is 393 g/mol. The Morgan fingerprint density at radius 3 is 2.41 bits per heavy atom. The van der Waals surface area contributed by atoms with Gasteiger partial charge in [0, 0.05) is 38.6 Å². The number of morpholine rings is 1. The first-order chi connectivity index (χ1) is 14.3. The minimum absolute atomic E-state index is 0.224. The maximum atomic E-state index is 6.06. The third-order valence-corrected chi connectivity index (χ3v) is 6.06. The van der Waals surface area contributed by atoms with Crippen molar-refractivity contribution in [3.05, 3.63) is 71.8 Å². The van der Waals surface area contributed by atoms with E-state index in [2.05, 4.69) is 81.2 Å². The quantitative estimate of drug-likeness (QED) is 0.586. The summed E-state index contributed by atoms with van der Waals surface area (Å²) in [6.45, 7) is 4.67. The van der Waals surface area contributed by atoms with Gasteiger partial charge in [-0.05, 0) is 30.5 Å². The van der Waals surface area contributed by atoms with Crippen molar-refractivity contribution in [1.82, 2.24) is 15.5 Å². The van der Waals surface area contributed by atoms with Gasteiger partial charge in [0.05, 0.1) is 12.7 Å². The Bertz CT molecular complexity index is 740. The van der Waals surface area contributed by atoms with Crippen molar-refractivity contribution in [2.24, 2.45) is 4.99 Å². The molecule has 2 saturated heterocycles. The van der Waals surface area contributed by atoms with Crippen molar-refractivity contribution in [3.8, 4) is 0 Å². The maximum Gasteiger partial charge on any atom is 0.191 e. The Hall–Kier alpha value is -2.37. The number of hydrogen-bond acceptors (Lipinski definition) is 3. The fourth-order valence-electron chi connectivity index (χ4n) is 4.44. The van der Waals surface area contributed by atoms with Crippen LogP contribution in [-0.2, 0) is 4.74 Å². The first kappa shape index (κ1) is 19.9. The molecule has 2 aromatic rings. The lowest BCUT2D eigenvalue weighted by Crippen LogP contribution is -2.51. The topological polar surface area (TPSA) is 48.9 Å². The van der Waals surface area contributed by atoms with Gasteiger partial charge < -0.3 is 15.4 Å². The van der Waals surface area contributed by atoms with Gasteiger partial charge in [0.2, 0.25) is 0 Å². The van der Waals surface area contributed by atoms with Crippen LogP contribution in [0.1, 0.15) is 29.9 Å². The van der Waals surface area contributed by atoms with Crippen LogP contribution in [0.15, 0.2) is 65.7 Å². The lowest BCUT2D eigenvalue weighted by Gasteiger charge is -2.35. The van der Waals surface area contributed by atoms with Crippen LogP contribution < -0.4 is 10.6 Å². The zero-order valence-electron chi connectivity index (χ0n) is 17.3. The Labute approximate surface area is 174 Å². The smallest absolute Gasteiger partial charge is 0.191 e. The van der Waals surface area contributed by atoms with Crippen LogP contribution in [0, 0.1) is 0 Å². The van der Waals surface area contributed by atoms with Crippen molar-refractivity contribution in [2.75, 3.05) is 39.8 Å². The monoisotopic (exact) mass is 392 g/mol.